The Morgan fingerprint density at radius 2 is 1.37 bits per heavy atom. The van der Waals surface area contributed by atoms with Gasteiger partial charge in [0.2, 0.25) is 5.89 Å². The number of amides is 2. The van der Waals surface area contributed by atoms with E-state index in [0.717, 1.165) is 10.5 Å². The van der Waals surface area contributed by atoms with Crippen LogP contribution in [0.4, 0.5) is 5.69 Å². The van der Waals surface area contributed by atoms with Gasteiger partial charge in [-0.1, -0.05) is 64.6 Å². The highest BCUT2D eigenvalue weighted by atomic mass is 35.5. The minimum Gasteiger partial charge on any atom is -0.436 e. The van der Waals surface area contributed by atoms with Crippen molar-refractivity contribution >= 4 is 75.0 Å². The molecule has 3 aromatic carbocycles. The van der Waals surface area contributed by atoms with Crippen molar-refractivity contribution in [1.29, 1.82) is 0 Å². The first kappa shape index (κ1) is 19.4. The molecule has 0 fully saturated rings. The van der Waals surface area contributed by atoms with Crippen molar-refractivity contribution in [2.45, 2.75) is 0 Å². The number of aromatic nitrogens is 1. The third-order valence-corrected chi connectivity index (χ3v) is 6.55. The maximum Gasteiger partial charge on any atom is 0.267 e. The van der Waals surface area contributed by atoms with Crippen molar-refractivity contribution in [1.82, 2.24) is 4.98 Å². The third-order valence-electron chi connectivity index (χ3n) is 4.75. The monoisotopic (exact) mass is 476 g/mol. The first-order valence-corrected chi connectivity index (χ1v) is 10.1. The summed E-state index contributed by atoms with van der Waals surface area (Å²) in [6.07, 6.45) is 0. The molecule has 5 rings (SSSR count). The summed E-state index contributed by atoms with van der Waals surface area (Å²) in [6.45, 7) is 0. The van der Waals surface area contributed by atoms with Crippen LogP contribution in [-0.2, 0) is 0 Å². The summed E-state index contributed by atoms with van der Waals surface area (Å²) in [6, 6.07) is 14.2. The number of carbonyl (C=O) groups excluding carboxylic acids is 2. The zero-order valence-electron chi connectivity index (χ0n) is 14.7. The number of benzene rings is 3. The number of nitrogens with zero attached hydrogens (tertiary/aromatic N) is 2. The van der Waals surface area contributed by atoms with Crippen LogP contribution in [0.25, 0.3) is 22.6 Å². The van der Waals surface area contributed by atoms with Crippen LogP contribution >= 0.6 is 46.4 Å². The van der Waals surface area contributed by atoms with E-state index >= 15 is 0 Å². The Morgan fingerprint density at radius 3 is 1.97 bits per heavy atom. The molecule has 0 N–H and O–H groups in total. The van der Waals surface area contributed by atoms with E-state index in [1.54, 1.807) is 18.2 Å². The third kappa shape index (κ3) is 2.74. The highest BCUT2D eigenvalue weighted by Crippen LogP contribution is 2.45. The van der Waals surface area contributed by atoms with E-state index in [4.69, 9.17) is 50.8 Å². The van der Waals surface area contributed by atoms with Gasteiger partial charge in [0.1, 0.15) is 5.52 Å². The van der Waals surface area contributed by atoms with Crippen molar-refractivity contribution in [3.8, 4) is 11.5 Å². The lowest BCUT2D eigenvalue weighted by Gasteiger charge is -2.13. The highest BCUT2D eigenvalue weighted by Gasteiger charge is 2.42. The fourth-order valence-electron chi connectivity index (χ4n) is 3.34. The average Bonchev–Trinajstić information content (AvgIpc) is 3.29. The van der Waals surface area contributed by atoms with Gasteiger partial charge in [-0.05, 0) is 24.3 Å². The Morgan fingerprint density at radius 1 is 0.767 bits per heavy atom. The SMILES string of the molecule is O=C1c2c(Cl)c(Cl)c(Cl)c(Cl)c2C(=O)N1c1ccc2nc(-c3ccccc3)oc2c1. The number of hydrogen-bond donors (Lipinski definition) is 0. The Hall–Kier alpha value is -2.57. The maximum absolute atomic E-state index is 13.0. The van der Waals surface area contributed by atoms with E-state index in [1.807, 2.05) is 30.3 Å². The van der Waals surface area contributed by atoms with Crippen molar-refractivity contribution < 1.29 is 14.0 Å². The van der Waals surface area contributed by atoms with E-state index in [1.165, 1.54) is 0 Å². The van der Waals surface area contributed by atoms with Crippen LogP contribution in [-0.4, -0.2) is 16.8 Å². The van der Waals surface area contributed by atoms with Gasteiger partial charge < -0.3 is 4.42 Å². The molecular formula is C21H8Cl4N2O3. The van der Waals surface area contributed by atoms with Gasteiger partial charge in [-0.3, -0.25) is 9.59 Å². The summed E-state index contributed by atoms with van der Waals surface area (Å²) >= 11 is 24.5. The van der Waals surface area contributed by atoms with Gasteiger partial charge in [-0.15, -0.1) is 0 Å². The minimum absolute atomic E-state index is 0.0799. The van der Waals surface area contributed by atoms with E-state index in [9.17, 15) is 9.59 Å². The minimum atomic E-state index is -0.650. The van der Waals surface area contributed by atoms with Gasteiger partial charge in [0, 0.05) is 11.6 Å². The lowest BCUT2D eigenvalue weighted by molar-refractivity contribution is 0.0926. The smallest absolute Gasteiger partial charge is 0.267 e. The molecule has 2 amide bonds. The quantitative estimate of drug-likeness (QED) is 0.179. The van der Waals surface area contributed by atoms with Crippen LogP contribution < -0.4 is 4.90 Å². The molecule has 0 unspecified atom stereocenters. The van der Waals surface area contributed by atoms with E-state index in [0.29, 0.717) is 17.0 Å². The second kappa shape index (κ2) is 7.00. The number of anilines is 1. The fraction of sp³-hybridized carbons (Fsp3) is 0. The molecule has 0 saturated carbocycles. The molecule has 0 spiro atoms. The average molecular weight is 478 g/mol. The van der Waals surface area contributed by atoms with Crippen LogP contribution in [0.2, 0.25) is 20.1 Å². The normalized spacial score (nSPS) is 13.4. The Bertz CT molecular complexity index is 1340. The molecule has 1 aliphatic rings. The molecule has 5 nitrogen and oxygen atoms in total. The van der Waals surface area contributed by atoms with Crippen molar-refractivity contribution in [3.63, 3.8) is 0 Å². The van der Waals surface area contributed by atoms with Crippen molar-refractivity contribution in [3.05, 3.63) is 79.7 Å². The Balaban J connectivity index is 1.62. The molecule has 0 saturated heterocycles. The summed E-state index contributed by atoms with van der Waals surface area (Å²) in [5, 5.41) is -0.394. The molecule has 2 heterocycles. The summed E-state index contributed by atoms with van der Waals surface area (Å²) in [7, 11) is 0. The Kier molecular flexibility index (Phi) is 4.52. The van der Waals surface area contributed by atoms with E-state index in [-0.39, 0.29) is 36.9 Å². The molecule has 1 aromatic heterocycles. The van der Waals surface area contributed by atoms with Gasteiger partial charge >= 0.3 is 0 Å². The van der Waals surface area contributed by atoms with Crippen LogP contribution in [0.5, 0.6) is 0 Å². The van der Waals surface area contributed by atoms with Gasteiger partial charge in [0.15, 0.2) is 5.58 Å². The lowest BCUT2D eigenvalue weighted by atomic mass is 10.1. The van der Waals surface area contributed by atoms with Crippen LogP contribution in [0.3, 0.4) is 0 Å². The maximum atomic E-state index is 13.0. The Labute approximate surface area is 189 Å². The fourth-order valence-corrected chi connectivity index (χ4v) is 4.35. The van der Waals surface area contributed by atoms with Crippen LogP contribution in [0.1, 0.15) is 20.7 Å². The van der Waals surface area contributed by atoms with Gasteiger partial charge in [-0.25, -0.2) is 9.88 Å². The first-order valence-electron chi connectivity index (χ1n) is 8.59. The molecule has 0 aliphatic carbocycles. The first-order chi connectivity index (χ1) is 14.4. The standard InChI is InChI=1S/C21H8Cl4N2O3/c22-15-13-14(16(23)18(25)17(15)24)21(29)27(20(13)28)10-6-7-11-12(8-10)30-19(26-11)9-4-2-1-3-5-9/h1-8H. The number of halogens is 4. The number of oxazole rings is 1. The summed E-state index contributed by atoms with van der Waals surface area (Å²) in [4.78, 5) is 31.4. The van der Waals surface area contributed by atoms with Gasteiger partial charge in [0.05, 0.1) is 36.9 Å². The molecule has 4 aromatic rings. The second-order valence-electron chi connectivity index (χ2n) is 6.49. The molecule has 9 heteroatoms. The van der Waals surface area contributed by atoms with Crippen LogP contribution in [0.15, 0.2) is 52.9 Å². The lowest BCUT2D eigenvalue weighted by Crippen LogP contribution is -2.29. The largest absolute Gasteiger partial charge is 0.436 e. The van der Waals surface area contributed by atoms with Crippen LogP contribution in [0, 0.1) is 0 Å². The number of fused-ring (bicyclic) bond motifs is 2. The predicted octanol–water partition coefficient (Wildman–Crippen LogP) is 6.91. The van der Waals surface area contributed by atoms with Crippen molar-refractivity contribution in [2.75, 3.05) is 4.90 Å². The zero-order chi connectivity index (χ0) is 21.2. The molecular weight excluding hydrogens is 470 g/mol. The number of rotatable bonds is 2. The summed E-state index contributed by atoms with van der Waals surface area (Å²) < 4.78 is 5.83. The molecule has 0 radical (unpaired) electrons. The zero-order valence-corrected chi connectivity index (χ0v) is 17.8. The summed E-state index contributed by atoms with van der Waals surface area (Å²) in [5.74, 6) is -0.875. The molecule has 0 bridgehead atoms. The number of carbonyl (C=O) groups is 2. The van der Waals surface area contributed by atoms with Crippen molar-refractivity contribution in [2.24, 2.45) is 0 Å². The topological polar surface area (TPSA) is 63.4 Å². The second-order valence-corrected chi connectivity index (χ2v) is 8.00. The van der Waals surface area contributed by atoms with Gasteiger partial charge in [-0.2, -0.15) is 0 Å². The molecule has 148 valence electrons. The molecule has 0 atom stereocenters. The predicted molar refractivity (Wildman–Crippen MR) is 117 cm³/mol. The number of imide groups is 1. The van der Waals surface area contributed by atoms with Gasteiger partial charge in [0.25, 0.3) is 11.8 Å². The van der Waals surface area contributed by atoms with E-state index < -0.39 is 11.8 Å². The van der Waals surface area contributed by atoms with E-state index in [2.05, 4.69) is 4.98 Å². The molecule has 30 heavy (non-hydrogen) atoms. The summed E-state index contributed by atoms with van der Waals surface area (Å²) in [5.41, 5.74) is 1.92. The molecule has 1 aliphatic heterocycles. The number of hydrogen-bond acceptors (Lipinski definition) is 4. The highest BCUT2D eigenvalue weighted by molar-refractivity contribution is 6.56.